The van der Waals surface area contributed by atoms with Crippen LogP contribution >= 0.6 is 0 Å². The number of carbonyl (C=O) groups is 3. The highest BCUT2D eigenvalue weighted by Gasteiger charge is 2.59. The molecule has 0 unspecified atom stereocenters. The Morgan fingerprint density at radius 2 is 2.03 bits per heavy atom. The van der Waals surface area contributed by atoms with Crippen molar-refractivity contribution in [2.45, 2.75) is 63.6 Å². The van der Waals surface area contributed by atoms with E-state index in [0.29, 0.717) is 18.8 Å². The molecule has 3 atom stereocenters. The zero-order valence-electron chi connectivity index (χ0n) is 18.4. The van der Waals surface area contributed by atoms with Gasteiger partial charge in [0.2, 0.25) is 11.8 Å². The maximum Gasteiger partial charge on any atom is 0.302 e. The number of carbonyl (C=O) groups excluding carboxylic acids is 3. The fraction of sp³-hybridized carbons (Fsp3) is 0.583. The molecule has 2 heterocycles. The van der Waals surface area contributed by atoms with Gasteiger partial charge in [-0.25, -0.2) is 6.57 Å². The van der Waals surface area contributed by atoms with Crippen molar-refractivity contribution in [1.82, 2.24) is 9.80 Å². The molecule has 3 amide bonds. The van der Waals surface area contributed by atoms with Crippen LogP contribution in [-0.4, -0.2) is 53.3 Å². The number of nitrogens with zero attached hydrogens (tertiary/aromatic N) is 3. The van der Waals surface area contributed by atoms with E-state index in [1.54, 1.807) is 16.8 Å². The van der Waals surface area contributed by atoms with Gasteiger partial charge in [-0.1, -0.05) is 32.0 Å². The lowest BCUT2D eigenvalue weighted by Crippen LogP contribution is -2.51. The summed E-state index contributed by atoms with van der Waals surface area (Å²) in [5.41, 5.74) is 0.698. The number of amides is 3. The highest BCUT2D eigenvalue weighted by atomic mass is 16.2. The topological polar surface area (TPSA) is 74.1 Å². The number of anilines is 1. The number of hydrogen-bond donors (Lipinski definition) is 1. The molecule has 1 N–H and O–H groups in total. The van der Waals surface area contributed by atoms with Crippen LogP contribution < -0.4 is 5.32 Å². The largest absolute Gasteiger partial charge is 0.334 e. The molecular weight excluding hydrogens is 392 g/mol. The quantitative estimate of drug-likeness (QED) is 0.716. The van der Waals surface area contributed by atoms with Gasteiger partial charge < -0.3 is 10.2 Å². The van der Waals surface area contributed by atoms with Gasteiger partial charge in [0.05, 0.1) is 6.42 Å². The minimum atomic E-state index is -0.902. The van der Waals surface area contributed by atoms with Gasteiger partial charge in [-0.15, -0.1) is 0 Å². The molecule has 1 saturated carbocycles. The normalized spacial score (nSPS) is 25.3. The number of benzene rings is 1. The summed E-state index contributed by atoms with van der Waals surface area (Å²) in [5.74, 6) is 0.253. The van der Waals surface area contributed by atoms with Gasteiger partial charge in [0.15, 0.2) is 0 Å². The molecule has 1 spiro atoms. The van der Waals surface area contributed by atoms with Crippen molar-refractivity contribution in [3.8, 4) is 0 Å². The lowest BCUT2D eigenvalue weighted by atomic mass is 9.80. The molecule has 1 saturated heterocycles. The SMILES string of the molecule is [C-]#[N+][C@@H]1C[C@@]2(CN1C(=O)[C@H](CC(C)C)N(C)C(=O)CC1CC1)C(=O)Nc1ccccc12. The summed E-state index contributed by atoms with van der Waals surface area (Å²) in [6, 6.07) is 6.88. The van der Waals surface area contributed by atoms with Gasteiger partial charge >= 0.3 is 6.17 Å². The van der Waals surface area contributed by atoms with Gasteiger partial charge in [-0.05, 0) is 42.7 Å². The molecule has 164 valence electrons. The van der Waals surface area contributed by atoms with Gasteiger partial charge in [-0.2, -0.15) is 0 Å². The summed E-state index contributed by atoms with van der Waals surface area (Å²) in [5, 5.41) is 2.92. The number of likely N-dealkylation sites (tertiary alicyclic amines) is 1. The zero-order chi connectivity index (χ0) is 22.3. The number of hydrogen-bond acceptors (Lipinski definition) is 3. The van der Waals surface area contributed by atoms with Crippen LogP contribution in [0.3, 0.4) is 0 Å². The first-order valence-electron chi connectivity index (χ1n) is 11.1. The number of likely N-dealkylation sites (N-methyl/N-ethyl adjacent to an activating group) is 1. The third-order valence-corrected chi connectivity index (χ3v) is 6.89. The summed E-state index contributed by atoms with van der Waals surface area (Å²) in [4.78, 5) is 46.3. The lowest BCUT2D eigenvalue weighted by molar-refractivity contribution is -0.145. The highest BCUT2D eigenvalue weighted by molar-refractivity contribution is 6.07. The van der Waals surface area contributed by atoms with Crippen molar-refractivity contribution in [2.75, 3.05) is 18.9 Å². The predicted molar refractivity (Wildman–Crippen MR) is 117 cm³/mol. The van der Waals surface area contributed by atoms with Gasteiger partial charge in [0.1, 0.15) is 11.5 Å². The van der Waals surface area contributed by atoms with E-state index in [1.807, 2.05) is 38.1 Å². The first-order chi connectivity index (χ1) is 14.8. The molecule has 7 nitrogen and oxygen atoms in total. The van der Waals surface area contributed by atoms with Crippen molar-refractivity contribution >= 4 is 23.4 Å². The summed E-state index contributed by atoms with van der Waals surface area (Å²) in [7, 11) is 1.70. The average molecular weight is 423 g/mol. The second kappa shape index (κ2) is 7.99. The van der Waals surface area contributed by atoms with Gasteiger partial charge in [0.25, 0.3) is 5.91 Å². The molecule has 2 fully saturated rings. The van der Waals surface area contributed by atoms with Crippen LogP contribution in [0.15, 0.2) is 24.3 Å². The Hall–Kier alpha value is -2.88. The fourth-order valence-corrected chi connectivity index (χ4v) is 4.91. The van der Waals surface area contributed by atoms with E-state index in [1.165, 1.54) is 0 Å². The molecule has 0 radical (unpaired) electrons. The predicted octanol–water partition coefficient (Wildman–Crippen LogP) is 3.03. The number of rotatable bonds is 6. The third-order valence-electron chi connectivity index (χ3n) is 6.89. The van der Waals surface area contributed by atoms with Crippen LogP contribution in [0.5, 0.6) is 0 Å². The van der Waals surface area contributed by atoms with E-state index in [-0.39, 0.29) is 36.6 Å². The molecule has 4 rings (SSSR count). The monoisotopic (exact) mass is 422 g/mol. The maximum absolute atomic E-state index is 13.7. The van der Waals surface area contributed by atoms with Gasteiger partial charge in [0, 0.05) is 25.7 Å². The molecule has 31 heavy (non-hydrogen) atoms. The minimum Gasteiger partial charge on any atom is -0.334 e. The molecule has 1 aromatic carbocycles. The fourth-order valence-electron chi connectivity index (χ4n) is 4.91. The Morgan fingerprint density at radius 1 is 1.32 bits per heavy atom. The molecule has 0 aromatic heterocycles. The van der Waals surface area contributed by atoms with Crippen LogP contribution in [0.25, 0.3) is 4.85 Å². The molecule has 1 aromatic rings. The summed E-state index contributed by atoms with van der Waals surface area (Å²) < 4.78 is 0. The van der Waals surface area contributed by atoms with E-state index in [2.05, 4.69) is 10.2 Å². The third kappa shape index (κ3) is 3.80. The molecular formula is C24H30N4O3. The second-order valence-electron chi connectivity index (χ2n) is 9.66. The van der Waals surface area contributed by atoms with Crippen molar-refractivity contribution in [3.63, 3.8) is 0 Å². The molecule has 7 heteroatoms. The molecule has 0 bridgehead atoms. The van der Waals surface area contributed by atoms with E-state index in [9.17, 15) is 14.4 Å². The van der Waals surface area contributed by atoms with Crippen LogP contribution in [0.2, 0.25) is 0 Å². The molecule has 1 aliphatic carbocycles. The summed E-state index contributed by atoms with van der Waals surface area (Å²) in [6.45, 7) is 11.9. The maximum atomic E-state index is 13.7. The lowest BCUT2D eigenvalue weighted by Gasteiger charge is -2.32. The van der Waals surface area contributed by atoms with Crippen LogP contribution in [-0.2, 0) is 19.8 Å². The van der Waals surface area contributed by atoms with E-state index in [4.69, 9.17) is 6.57 Å². The Bertz CT molecular complexity index is 948. The second-order valence-corrected chi connectivity index (χ2v) is 9.66. The smallest absolute Gasteiger partial charge is 0.302 e. The number of para-hydroxylation sites is 1. The Kier molecular flexibility index (Phi) is 5.50. The van der Waals surface area contributed by atoms with Crippen LogP contribution in [0, 0.1) is 18.4 Å². The Balaban J connectivity index is 1.61. The summed E-state index contributed by atoms with van der Waals surface area (Å²) in [6.07, 6.45) is 2.72. The Labute approximate surface area is 183 Å². The molecule has 3 aliphatic rings. The van der Waals surface area contributed by atoms with E-state index >= 15 is 0 Å². The van der Waals surface area contributed by atoms with Crippen molar-refractivity contribution in [1.29, 1.82) is 0 Å². The van der Waals surface area contributed by atoms with Crippen LogP contribution in [0.1, 0.15) is 51.5 Å². The number of nitrogens with one attached hydrogen (secondary N) is 1. The van der Waals surface area contributed by atoms with Gasteiger partial charge in [-0.3, -0.25) is 24.1 Å². The van der Waals surface area contributed by atoms with E-state index < -0.39 is 17.6 Å². The minimum absolute atomic E-state index is 0.0151. The zero-order valence-corrected chi connectivity index (χ0v) is 18.4. The van der Waals surface area contributed by atoms with E-state index in [0.717, 1.165) is 24.1 Å². The number of fused-ring (bicyclic) bond motifs is 2. The highest BCUT2D eigenvalue weighted by Crippen LogP contribution is 2.47. The Morgan fingerprint density at radius 3 is 2.68 bits per heavy atom. The first-order valence-corrected chi connectivity index (χ1v) is 11.1. The summed E-state index contributed by atoms with van der Waals surface area (Å²) >= 11 is 0. The van der Waals surface area contributed by atoms with Crippen molar-refractivity contribution in [3.05, 3.63) is 41.2 Å². The molecule has 2 aliphatic heterocycles. The van der Waals surface area contributed by atoms with Crippen molar-refractivity contribution < 1.29 is 14.4 Å². The van der Waals surface area contributed by atoms with Crippen LogP contribution in [0.4, 0.5) is 5.69 Å². The van der Waals surface area contributed by atoms with Crippen molar-refractivity contribution in [2.24, 2.45) is 11.8 Å². The first kappa shape index (κ1) is 21.4. The standard InChI is InChI=1S/C24H30N4O3/c1-15(2)11-19(27(4)21(29)12-16-9-10-16)22(30)28-14-24(13-20(28)25-3)17-7-5-6-8-18(17)26-23(24)31/h5-8,15-16,19-20H,9-14H2,1-2,4H3,(H,26,31)/t19-,20-,24-/m0/s1. The average Bonchev–Trinajstić information content (AvgIpc) is 3.40.